The molecule has 82 heavy (non-hydrogen) atoms. The van der Waals surface area contributed by atoms with Gasteiger partial charge in [0.05, 0.1) is 0 Å². The van der Waals surface area contributed by atoms with Gasteiger partial charge in [-0.25, -0.2) is 0 Å². The third-order valence-corrected chi connectivity index (χ3v) is 16.3. The Hall–Kier alpha value is -3.10. The van der Waals surface area contributed by atoms with E-state index in [4.69, 9.17) is 0 Å². The van der Waals surface area contributed by atoms with Gasteiger partial charge in [0.15, 0.2) is 0 Å². The summed E-state index contributed by atoms with van der Waals surface area (Å²) in [5, 5.41) is 10.7. The zero-order chi connectivity index (χ0) is 57.3. The van der Waals surface area contributed by atoms with E-state index >= 15 is 0 Å². The van der Waals surface area contributed by atoms with Gasteiger partial charge in [0.25, 0.3) is 0 Å². The summed E-state index contributed by atoms with van der Waals surface area (Å²) in [5.41, 5.74) is 16.3. The van der Waals surface area contributed by atoms with Crippen molar-refractivity contribution in [1.29, 1.82) is 0 Å². The third-order valence-electron chi connectivity index (χ3n) is 13.5. The second-order valence-electron chi connectivity index (χ2n) is 20.0. The van der Waals surface area contributed by atoms with E-state index in [1.807, 2.05) is 0 Å². The second kappa shape index (κ2) is 34.9. The molecule has 0 spiro atoms. The minimum Gasteiger partial charge on any atom is -1.00 e. The fraction of sp³-hybridized carbons (Fsp3) is 0.167. The number of halogens is 6. The maximum atomic E-state index is 3.64. The van der Waals surface area contributed by atoms with Crippen LogP contribution in [0.2, 0.25) is 26.2 Å². The first-order valence-electron chi connectivity index (χ1n) is 27.4. The van der Waals surface area contributed by atoms with E-state index in [2.05, 4.69) is 336 Å². The monoisotopic (exact) mass is 1550 g/mol. The molecule has 0 radical (unpaired) electrons. The van der Waals surface area contributed by atoms with E-state index in [1.54, 1.807) is 46.7 Å². The normalized spacial score (nSPS) is 10.3. The van der Waals surface area contributed by atoms with Gasteiger partial charge >= 0.3 is 83.7 Å². The first kappa shape index (κ1) is 69.7. The first-order valence-corrected chi connectivity index (χ1v) is 42.9. The largest absolute Gasteiger partial charge is 1.00 e. The van der Waals surface area contributed by atoms with Gasteiger partial charge in [-0.15, -0.1) is 138 Å². The summed E-state index contributed by atoms with van der Waals surface area (Å²) >= 11 is 18.0. The van der Waals surface area contributed by atoms with Crippen LogP contribution >= 0.6 is 63.7 Å². The molecular weight excluding hydrogens is 1490 g/mol. The molecule has 0 atom stereocenters. The maximum absolute atomic E-state index is 3.64. The van der Waals surface area contributed by atoms with E-state index in [9.17, 15) is 0 Å². The van der Waals surface area contributed by atoms with Gasteiger partial charge in [-0.2, -0.15) is 24.3 Å². The molecular formula is C72H68Br4Cl2Si2Zr2-2. The zero-order valence-electron chi connectivity index (χ0n) is 47.9. The van der Waals surface area contributed by atoms with Crippen LogP contribution in [-0.4, -0.2) is 10.9 Å². The fourth-order valence-corrected chi connectivity index (χ4v) is 11.7. The number of fused-ring (bicyclic) bond motifs is 4. The van der Waals surface area contributed by atoms with Crippen LogP contribution in [-0.2, 0) is 72.4 Å². The van der Waals surface area contributed by atoms with Gasteiger partial charge in [0, 0.05) is 17.9 Å². The van der Waals surface area contributed by atoms with Crippen molar-refractivity contribution in [3.05, 3.63) is 259 Å². The summed E-state index contributed by atoms with van der Waals surface area (Å²) in [7, 11) is 0. The molecule has 0 amide bonds. The van der Waals surface area contributed by atoms with Crippen molar-refractivity contribution in [3.63, 3.8) is 0 Å². The fourth-order valence-electron chi connectivity index (χ4n) is 9.66. The Morgan fingerprint density at radius 1 is 0.293 bits per heavy atom. The summed E-state index contributed by atoms with van der Waals surface area (Å²) < 4.78 is 4.60. The van der Waals surface area contributed by atoms with Crippen LogP contribution in [0.4, 0.5) is 0 Å². The molecule has 0 bridgehead atoms. The molecule has 0 heterocycles. The molecule has 12 rings (SSSR count). The molecule has 0 saturated heterocycles. The predicted octanol–water partition coefficient (Wildman–Crippen LogP) is 17.8. The third kappa shape index (κ3) is 18.9. The molecule has 0 aromatic heterocycles. The van der Waals surface area contributed by atoms with Gasteiger partial charge in [0.2, 0.25) is 0 Å². The van der Waals surface area contributed by atoms with Crippen molar-refractivity contribution in [2.45, 2.75) is 79.6 Å². The molecule has 0 aliphatic carbocycles. The van der Waals surface area contributed by atoms with Gasteiger partial charge in [-0.3, -0.25) is 0 Å². The minimum absolute atomic E-state index is 0. The maximum Gasteiger partial charge on any atom is -1.00 e. The van der Waals surface area contributed by atoms with Crippen LogP contribution < -0.4 is 24.8 Å². The van der Waals surface area contributed by atoms with E-state index < -0.39 is 0 Å². The van der Waals surface area contributed by atoms with Crippen molar-refractivity contribution in [2.75, 3.05) is 0 Å². The smallest absolute Gasteiger partial charge is 1.00 e. The van der Waals surface area contributed by atoms with E-state index in [1.165, 1.54) is 110 Å². The standard InChI is InChI=1S/4C17H14Br.2C2H6Si.2ClH.2Zr/c4*1-2-12-10-13-6-5-8-14(16(13)11-12)15-7-3-4-9-17(15)18;2*1-3-2;;;;/h4*3-11H,2H2,1H3;2*1-2H3;2*1H;;/q4*-1;;;;;2*+2/p-2. The summed E-state index contributed by atoms with van der Waals surface area (Å²) in [4.78, 5) is 0. The number of hydrogen-bond donors (Lipinski definition) is 0. The van der Waals surface area contributed by atoms with Gasteiger partial charge in [0.1, 0.15) is 0 Å². The first-order chi connectivity index (χ1) is 38.6. The molecule has 10 heteroatoms. The van der Waals surface area contributed by atoms with Crippen molar-refractivity contribution in [3.8, 4) is 44.5 Å². The van der Waals surface area contributed by atoms with Crippen LogP contribution in [0.25, 0.3) is 87.6 Å². The van der Waals surface area contributed by atoms with Gasteiger partial charge in [-0.05, 0) is 72.2 Å². The van der Waals surface area contributed by atoms with Gasteiger partial charge in [-0.1, -0.05) is 211 Å². The van der Waals surface area contributed by atoms with Crippen LogP contribution in [0.15, 0.2) is 236 Å². The molecule has 12 aromatic carbocycles. The van der Waals surface area contributed by atoms with E-state index in [0.717, 1.165) is 43.6 Å². The molecule has 0 saturated carbocycles. The Morgan fingerprint density at radius 3 is 0.634 bits per heavy atom. The van der Waals surface area contributed by atoms with Crippen LogP contribution in [0.5, 0.6) is 0 Å². The van der Waals surface area contributed by atoms with Crippen molar-refractivity contribution < 1.29 is 71.5 Å². The SMILES string of the molecule is CCc1cc2c(-c3ccccc3Br)cccc2[cH-]1.CCc1cc2c(-c3ccccc3Br)cccc2[cH-]1.CCc1cc2c(-c3ccccc3Br)cccc2[cH-]1.CCc1cc2c(-c3ccccc3Br)cccc2[cH-]1.C[Si](C)=[Zr+2].C[Si](C)=[Zr+2].[Cl-].[Cl-]. The Bertz CT molecular complexity index is 3500. The van der Waals surface area contributed by atoms with Crippen LogP contribution in [0.3, 0.4) is 0 Å². The Labute approximate surface area is 564 Å². The van der Waals surface area contributed by atoms with Crippen molar-refractivity contribution >= 4 is 118 Å². The molecule has 0 nitrogen and oxygen atoms in total. The number of hydrogen-bond acceptors (Lipinski definition) is 0. The summed E-state index contributed by atoms with van der Waals surface area (Å²) in [5.74, 6) is 0. The van der Waals surface area contributed by atoms with E-state index in [-0.39, 0.29) is 35.7 Å². The van der Waals surface area contributed by atoms with Crippen LogP contribution in [0, 0.1) is 0 Å². The zero-order valence-corrected chi connectivity index (χ0v) is 62.7. The molecule has 0 aliphatic rings. The van der Waals surface area contributed by atoms with Crippen molar-refractivity contribution in [1.82, 2.24) is 0 Å². The Morgan fingerprint density at radius 2 is 0.463 bits per heavy atom. The van der Waals surface area contributed by atoms with E-state index in [0.29, 0.717) is 0 Å². The molecule has 0 fully saturated rings. The topological polar surface area (TPSA) is 0 Å². The average Bonchev–Trinajstić information content (AvgIpc) is 4.35. The minimum atomic E-state index is 0. The van der Waals surface area contributed by atoms with Gasteiger partial charge < -0.3 is 24.8 Å². The molecule has 0 N–H and O–H groups in total. The summed E-state index contributed by atoms with van der Waals surface area (Å²) in [6.07, 6.45) is 4.35. The molecule has 0 unspecified atom stereocenters. The summed E-state index contributed by atoms with van der Waals surface area (Å²) in [6.45, 7) is 18.0. The Kier molecular flexibility index (Phi) is 29.6. The predicted molar refractivity (Wildman–Crippen MR) is 363 cm³/mol. The molecule has 416 valence electrons. The summed E-state index contributed by atoms with van der Waals surface area (Å²) in [6, 6.07) is 78.1. The molecule has 0 aliphatic heterocycles. The van der Waals surface area contributed by atoms with Crippen LogP contribution in [0.1, 0.15) is 49.9 Å². The number of benzene rings is 8. The number of rotatable bonds is 8. The molecule has 12 aromatic rings. The second-order valence-corrected chi connectivity index (χ2v) is 42.2. The Balaban J connectivity index is 0.000000190. The average molecular weight is 1560 g/mol. The number of aryl methyl sites for hydroxylation is 4. The quantitative estimate of drug-likeness (QED) is 0.105. The van der Waals surface area contributed by atoms with Crippen molar-refractivity contribution in [2.24, 2.45) is 0 Å².